The number of H-pyrrole nitrogens is 1. The number of aromatic amines is 1. The van der Waals surface area contributed by atoms with Gasteiger partial charge in [0.2, 0.25) is 0 Å². The molecule has 7 heteroatoms. The zero-order valence-corrected chi connectivity index (χ0v) is 17.9. The molecule has 0 aliphatic rings. The Morgan fingerprint density at radius 1 is 1.03 bits per heavy atom. The van der Waals surface area contributed by atoms with Gasteiger partial charge in [-0.15, -0.1) is 0 Å². The number of ether oxygens (including phenoxy) is 2. The highest BCUT2D eigenvalue weighted by Crippen LogP contribution is 2.34. The molecule has 0 saturated heterocycles. The second-order valence-electron chi connectivity index (χ2n) is 7.37. The average Bonchev–Trinajstić information content (AvgIpc) is 3.22. The Hall–Kier alpha value is -3.71. The molecule has 0 fully saturated rings. The predicted molar refractivity (Wildman–Crippen MR) is 120 cm³/mol. The number of amides is 1. The van der Waals surface area contributed by atoms with Crippen LogP contribution in [-0.2, 0) is 9.53 Å². The zero-order valence-electron chi connectivity index (χ0n) is 17.9. The van der Waals surface area contributed by atoms with E-state index in [9.17, 15) is 4.79 Å². The number of fused-ring (bicyclic) bond motifs is 1. The Balaban J connectivity index is 1.79. The molecule has 2 heterocycles. The van der Waals surface area contributed by atoms with Gasteiger partial charge in [0, 0.05) is 43.9 Å². The largest absolute Gasteiger partial charge is 0.496 e. The quantitative estimate of drug-likeness (QED) is 0.512. The monoisotopic (exact) mass is 416 g/mol. The van der Waals surface area contributed by atoms with E-state index in [0.29, 0.717) is 5.65 Å². The number of hydrogen-bond donors (Lipinski definition) is 1. The molecule has 158 valence electrons. The summed E-state index contributed by atoms with van der Waals surface area (Å²) in [7, 11) is 6.62. The number of carbonyl (C=O) groups is 1. The number of nitrogens with one attached hydrogen (secondary N) is 1. The number of pyridine rings is 1. The van der Waals surface area contributed by atoms with E-state index < -0.39 is 6.10 Å². The first-order valence-corrected chi connectivity index (χ1v) is 9.85. The van der Waals surface area contributed by atoms with Crippen molar-refractivity contribution in [3.8, 4) is 28.1 Å². The van der Waals surface area contributed by atoms with Gasteiger partial charge in [-0.2, -0.15) is 5.10 Å². The van der Waals surface area contributed by atoms with Crippen molar-refractivity contribution < 1.29 is 14.3 Å². The van der Waals surface area contributed by atoms with Crippen LogP contribution in [0.1, 0.15) is 11.7 Å². The van der Waals surface area contributed by atoms with Gasteiger partial charge in [-0.3, -0.25) is 9.89 Å². The number of carbonyl (C=O) groups excluding carboxylic acids is 1. The molecule has 0 aliphatic heterocycles. The van der Waals surface area contributed by atoms with E-state index in [-0.39, 0.29) is 5.91 Å². The Bertz CT molecular complexity index is 1230. The van der Waals surface area contributed by atoms with E-state index in [4.69, 9.17) is 9.47 Å². The lowest BCUT2D eigenvalue weighted by molar-refractivity contribution is -0.139. The van der Waals surface area contributed by atoms with Crippen LogP contribution in [0.2, 0.25) is 0 Å². The first-order chi connectivity index (χ1) is 15.0. The van der Waals surface area contributed by atoms with Crippen molar-refractivity contribution in [2.75, 3.05) is 28.3 Å². The summed E-state index contributed by atoms with van der Waals surface area (Å²) in [5.74, 6) is 0.634. The van der Waals surface area contributed by atoms with Gasteiger partial charge in [0.05, 0.1) is 7.11 Å². The second-order valence-corrected chi connectivity index (χ2v) is 7.37. The number of para-hydroxylation sites is 1. The van der Waals surface area contributed by atoms with Gasteiger partial charge in [0.1, 0.15) is 11.4 Å². The van der Waals surface area contributed by atoms with Gasteiger partial charge in [0.25, 0.3) is 5.91 Å². The van der Waals surface area contributed by atoms with Gasteiger partial charge < -0.3 is 14.4 Å². The van der Waals surface area contributed by atoms with Crippen molar-refractivity contribution in [1.29, 1.82) is 0 Å². The smallest absolute Gasteiger partial charge is 0.255 e. The van der Waals surface area contributed by atoms with Crippen molar-refractivity contribution in [1.82, 2.24) is 20.1 Å². The molecule has 1 atom stereocenters. The molecule has 0 radical (unpaired) electrons. The number of rotatable bonds is 6. The minimum atomic E-state index is -0.662. The lowest BCUT2D eigenvalue weighted by atomic mass is 9.99. The molecule has 4 rings (SSSR count). The Labute approximate surface area is 180 Å². The maximum atomic E-state index is 12.5. The molecule has 1 unspecified atom stereocenters. The minimum Gasteiger partial charge on any atom is -0.496 e. The van der Waals surface area contributed by atoms with Gasteiger partial charge in [-0.25, -0.2) is 4.98 Å². The molecular weight excluding hydrogens is 392 g/mol. The zero-order chi connectivity index (χ0) is 22.0. The number of aromatic nitrogens is 3. The molecule has 4 aromatic rings. The second kappa shape index (κ2) is 8.57. The number of benzene rings is 2. The fraction of sp³-hybridized carbons (Fsp3) is 0.208. The molecule has 0 aliphatic carbocycles. The summed E-state index contributed by atoms with van der Waals surface area (Å²) >= 11 is 0. The summed E-state index contributed by atoms with van der Waals surface area (Å²) in [5, 5.41) is 8.36. The fourth-order valence-electron chi connectivity index (χ4n) is 3.60. The lowest BCUT2D eigenvalue weighted by Crippen LogP contribution is -2.29. The van der Waals surface area contributed by atoms with Crippen molar-refractivity contribution in [2.45, 2.75) is 6.10 Å². The summed E-state index contributed by atoms with van der Waals surface area (Å²) in [6, 6.07) is 17.6. The summed E-state index contributed by atoms with van der Waals surface area (Å²) in [5.41, 5.74) is 5.00. The summed E-state index contributed by atoms with van der Waals surface area (Å²) < 4.78 is 11.0. The summed E-state index contributed by atoms with van der Waals surface area (Å²) in [6.07, 6.45) is 1.13. The van der Waals surface area contributed by atoms with E-state index in [2.05, 4.69) is 15.2 Å². The molecule has 0 saturated carbocycles. The average molecular weight is 416 g/mol. The van der Waals surface area contributed by atoms with Crippen molar-refractivity contribution in [3.05, 3.63) is 66.4 Å². The normalized spacial score (nSPS) is 12.0. The molecule has 0 bridgehead atoms. The number of likely N-dealkylation sites (N-methyl/N-ethyl adjacent to an activating group) is 1. The van der Waals surface area contributed by atoms with E-state index in [0.717, 1.165) is 39.1 Å². The van der Waals surface area contributed by atoms with Crippen molar-refractivity contribution >= 4 is 16.9 Å². The molecule has 0 spiro atoms. The van der Waals surface area contributed by atoms with Crippen LogP contribution >= 0.6 is 0 Å². The van der Waals surface area contributed by atoms with E-state index in [1.807, 2.05) is 54.6 Å². The Morgan fingerprint density at radius 2 is 1.84 bits per heavy atom. The van der Waals surface area contributed by atoms with Gasteiger partial charge in [0.15, 0.2) is 11.8 Å². The van der Waals surface area contributed by atoms with Crippen LogP contribution in [0.25, 0.3) is 33.4 Å². The van der Waals surface area contributed by atoms with Crippen LogP contribution in [0.5, 0.6) is 5.75 Å². The van der Waals surface area contributed by atoms with Gasteiger partial charge >= 0.3 is 0 Å². The first kappa shape index (κ1) is 20.6. The lowest BCUT2D eigenvalue weighted by Gasteiger charge is -2.20. The Kier molecular flexibility index (Phi) is 5.68. The van der Waals surface area contributed by atoms with Gasteiger partial charge in [-0.05, 0) is 35.4 Å². The van der Waals surface area contributed by atoms with Crippen LogP contribution in [0.3, 0.4) is 0 Å². The highest BCUT2D eigenvalue weighted by atomic mass is 16.5. The molecule has 1 amide bonds. The predicted octanol–water partition coefficient (Wildman–Crippen LogP) is 4.08. The molecule has 7 nitrogen and oxygen atoms in total. The minimum absolute atomic E-state index is 0.110. The molecule has 2 aromatic carbocycles. The third-order valence-electron chi connectivity index (χ3n) is 5.20. The van der Waals surface area contributed by atoms with Crippen LogP contribution in [0.4, 0.5) is 0 Å². The molecule has 1 N–H and O–H groups in total. The topological polar surface area (TPSA) is 80.3 Å². The maximum absolute atomic E-state index is 12.5. The maximum Gasteiger partial charge on any atom is 0.255 e. The van der Waals surface area contributed by atoms with Crippen LogP contribution < -0.4 is 4.74 Å². The number of hydrogen-bond acceptors (Lipinski definition) is 5. The van der Waals surface area contributed by atoms with Crippen LogP contribution in [0.15, 0.2) is 60.8 Å². The summed E-state index contributed by atoms with van der Waals surface area (Å²) in [4.78, 5) is 18.6. The SMILES string of the molecule is COc1ccccc1-c1n[nH]c2ncc(-c3cccc(C(OC)C(=O)N(C)C)c3)cc12. The Morgan fingerprint density at radius 3 is 2.58 bits per heavy atom. The first-order valence-electron chi connectivity index (χ1n) is 9.85. The van der Waals surface area contributed by atoms with Crippen molar-refractivity contribution in [2.24, 2.45) is 0 Å². The molecular formula is C24H24N4O3. The molecule has 31 heavy (non-hydrogen) atoms. The number of nitrogens with zero attached hydrogens (tertiary/aromatic N) is 3. The summed E-state index contributed by atoms with van der Waals surface area (Å²) in [6.45, 7) is 0. The van der Waals surface area contributed by atoms with E-state index in [1.54, 1.807) is 27.4 Å². The van der Waals surface area contributed by atoms with E-state index in [1.165, 1.54) is 12.0 Å². The fourth-order valence-corrected chi connectivity index (χ4v) is 3.60. The number of methoxy groups -OCH3 is 2. The third-order valence-corrected chi connectivity index (χ3v) is 5.20. The molecule has 2 aromatic heterocycles. The highest BCUT2D eigenvalue weighted by Gasteiger charge is 2.22. The van der Waals surface area contributed by atoms with E-state index >= 15 is 0 Å². The van der Waals surface area contributed by atoms with Crippen molar-refractivity contribution in [3.63, 3.8) is 0 Å². The third kappa shape index (κ3) is 3.87. The standard InChI is InChI=1S/C24H24N4O3/c1-28(2)24(29)22(31-4)16-9-7-8-15(12-16)17-13-19-21(26-27-23(19)25-14-17)18-10-5-6-11-20(18)30-3/h5-14,22H,1-4H3,(H,25,26,27). The highest BCUT2D eigenvalue weighted by molar-refractivity contribution is 5.94. The van der Waals surface area contributed by atoms with Crippen LogP contribution in [0, 0.1) is 0 Å². The van der Waals surface area contributed by atoms with Gasteiger partial charge in [-0.1, -0.05) is 30.3 Å². The van der Waals surface area contributed by atoms with Crippen LogP contribution in [-0.4, -0.2) is 54.3 Å².